The van der Waals surface area contributed by atoms with Crippen LogP contribution in [0.4, 0.5) is 0 Å². The van der Waals surface area contributed by atoms with Gasteiger partial charge < -0.3 is 4.74 Å². The molecule has 0 N–H and O–H groups in total. The summed E-state index contributed by atoms with van der Waals surface area (Å²) < 4.78 is 4.92. The molecule has 4 fully saturated rings. The van der Waals surface area contributed by atoms with Crippen molar-refractivity contribution in [3.05, 3.63) is 0 Å². The Kier molecular flexibility index (Phi) is 6.84. The second-order valence-electron chi connectivity index (χ2n) is 13.1. The van der Waals surface area contributed by atoms with Crippen molar-refractivity contribution in [2.24, 2.45) is 34.0 Å². The summed E-state index contributed by atoms with van der Waals surface area (Å²) in [6.07, 6.45) is 13.3. The molecule has 0 aromatic carbocycles. The number of Topliss-reactive ketones (excluding diaryl/α,β-unsaturated/α-hetero) is 1. The summed E-state index contributed by atoms with van der Waals surface area (Å²) in [7, 11) is 1.49. The number of rotatable bonds is 6. The van der Waals surface area contributed by atoms with Gasteiger partial charge in [-0.2, -0.15) is 0 Å². The fraction of sp³-hybridized carbons (Fsp3) is 0.931. The van der Waals surface area contributed by atoms with Crippen molar-refractivity contribution in [1.82, 2.24) is 4.90 Å². The molecule has 0 spiro atoms. The largest absolute Gasteiger partial charge is 0.469 e. The van der Waals surface area contributed by atoms with Crippen LogP contribution in [0.2, 0.25) is 0 Å². The summed E-state index contributed by atoms with van der Waals surface area (Å²) in [5.41, 5.74) is 0.382. The number of carbonyl (C=O) groups excluding carboxylic acids is 2. The van der Waals surface area contributed by atoms with E-state index < -0.39 is 0 Å². The topological polar surface area (TPSA) is 46.6 Å². The average molecular weight is 460 g/mol. The van der Waals surface area contributed by atoms with Crippen LogP contribution in [-0.4, -0.2) is 42.4 Å². The Labute approximate surface area is 202 Å². The second-order valence-corrected chi connectivity index (χ2v) is 13.1. The molecule has 0 radical (unpaired) electrons. The molecule has 2 aliphatic heterocycles. The smallest absolute Gasteiger partial charge is 0.305 e. The van der Waals surface area contributed by atoms with E-state index in [9.17, 15) is 9.59 Å². The van der Waals surface area contributed by atoms with Crippen molar-refractivity contribution in [2.75, 3.05) is 20.2 Å². The van der Waals surface area contributed by atoms with Gasteiger partial charge in [0.05, 0.1) is 13.7 Å². The summed E-state index contributed by atoms with van der Waals surface area (Å²) in [6.45, 7) is 13.9. The van der Waals surface area contributed by atoms with E-state index in [0.29, 0.717) is 36.5 Å². The first-order valence-electron chi connectivity index (χ1n) is 13.9. The Hall–Kier alpha value is -0.900. The Morgan fingerprint density at radius 3 is 2.55 bits per heavy atom. The van der Waals surface area contributed by atoms with Gasteiger partial charge in [-0.15, -0.1) is 0 Å². The highest BCUT2D eigenvalue weighted by Gasteiger charge is 2.71. The molecule has 188 valence electrons. The molecule has 33 heavy (non-hydrogen) atoms. The first-order chi connectivity index (χ1) is 15.6. The zero-order valence-corrected chi connectivity index (χ0v) is 22.3. The number of methoxy groups -OCH3 is 1. The number of esters is 1. The molecule has 4 heteroatoms. The lowest BCUT2D eigenvalue weighted by Crippen LogP contribution is -2.72. The molecule has 0 aromatic heterocycles. The van der Waals surface area contributed by atoms with Crippen LogP contribution >= 0.6 is 0 Å². The minimum Gasteiger partial charge on any atom is -0.469 e. The first-order valence-corrected chi connectivity index (χ1v) is 13.9. The standard InChI is InChI=1S/C29H49NO3/c1-7-16-28-22(27(5)17-8-9-19-30(27)20-24(28)31)15-18-29(26(2,3)4)21(13-14-23(28)29)11-10-12-25(32)33-6/h21-23H,7-20H2,1-6H3. The predicted molar refractivity (Wildman–Crippen MR) is 133 cm³/mol. The van der Waals surface area contributed by atoms with Gasteiger partial charge in [0.1, 0.15) is 0 Å². The number of nitrogens with zero attached hydrogens (tertiary/aromatic N) is 1. The van der Waals surface area contributed by atoms with Crippen LogP contribution in [0.1, 0.15) is 112 Å². The van der Waals surface area contributed by atoms with Crippen LogP contribution in [0.15, 0.2) is 0 Å². The third-order valence-electron chi connectivity index (χ3n) is 11.2. The number of carbonyl (C=O) groups is 2. The van der Waals surface area contributed by atoms with E-state index in [2.05, 4.69) is 39.5 Å². The third-order valence-corrected chi connectivity index (χ3v) is 11.2. The molecule has 4 nitrogen and oxygen atoms in total. The number of piperidine rings is 2. The minimum absolute atomic E-state index is 0.0895. The average Bonchev–Trinajstić information content (AvgIpc) is 3.15. The van der Waals surface area contributed by atoms with Gasteiger partial charge in [-0.1, -0.05) is 40.5 Å². The zero-order chi connectivity index (χ0) is 24.1. The molecule has 0 bridgehead atoms. The molecule has 2 heterocycles. The maximum absolute atomic E-state index is 14.3. The monoisotopic (exact) mass is 459 g/mol. The highest BCUT2D eigenvalue weighted by molar-refractivity contribution is 5.89. The number of ketones is 1. The third kappa shape index (κ3) is 3.64. The molecule has 2 aliphatic carbocycles. The van der Waals surface area contributed by atoms with Crippen LogP contribution in [-0.2, 0) is 14.3 Å². The van der Waals surface area contributed by atoms with E-state index in [0.717, 1.165) is 32.2 Å². The Balaban J connectivity index is 1.74. The molecule has 6 atom stereocenters. The van der Waals surface area contributed by atoms with E-state index in [1.54, 1.807) is 0 Å². The lowest BCUT2D eigenvalue weighted by atomic mass is 9.39. The summed E-state index contributed by atoms with van der Waals surface area (Å²) >= 11 is 0. The van der Waals surface area contributed by atoms with Gasteiger partial charge >= 0.3 is 5.97 Å². The summed E-state index contributed by atoms with van der Waals surface area (Å²) in [6, 6.07) is 0. The quantitative estimate of drug-likeness (QED) is 0.430. The first kappa shape index (κ1) is 25.2. The van der Waals surface area contributed by atoms with Crippen molar-refractivity contribution in [3.8, 4) is 0 Å². The van der Waals surface area contributed by atoms with Crippen LogP contribution in [0.5, 0.6) is 0 Å². The van der Waals surface area contributed by atoms with Crippen molar-refractivity contribution in [2.45, 2.75) is 117 Å². The van der Waals surface area contributed by atoms with Crippen LogP contribution in [0, 0.1) is 34.0 Å². The van der Waals surface area contributed by atoms with Gasteiger partial charge in [-0.25, -0.2) is 0 Å². The lowest BCUT2D eigenvalue weighted by molar-refractivity contribution is -0.203. The van der Waals surface area contributed by atoms with Gasteiger partial charge in [0.25, 0.3) is 0 Å². The van der Waals surface area contributed by atoms with E-state index in [4.69, 9.17) is 4.74 Å². The summed E-state index contributed by atoms with van der Waals surface area (Å²) in [5.74, 6) is 2.07. The minimum atomic E-state index is -0.153. The zero-order valence-electron chi connectivity index (χ0n) is 22.3. The molecule has 4 rings (SSSR count). The van der Waals surface area contributed by atoms with E-state index in [1.807, 2.05) is 0 Å². The number of hydrogen-bond donors (Lipinski definition) is 0. The predicted octanol–water partition coefficient (Wildman–Crippen LogP) is 6.41. The maximum Gasteiger partial charge on any atom is 0.305 e. The highest BCUT2D eigenvalue weighted by atomic mass is 16.5. The van der Waals surface area contributed by atoms with E-state index in [1.165, 1.54) is 52.1 Å². The molecule has 2 saturated carbocycles. The van der Waals surface area contributed by atoms with Crippen molar-refractivity contribution < 1.29 is 14.3 Å². The molecule has 2 saturated heterocycles. The Morgan fingerprint density at radius 2 is 1.88 bits per heavy atom. The van der Waals surface area contributed by atoms with Gasteiger partial charge in [0.15, 0.2) is 5.78 Å². The molecule has 4 aliphatic rings. The van der Waals surface area contributed by atoms with E-state index in [-0.39, 0.29) is 27.8 Å². The second kappa shape index (κ2) is 8.95. The van der Waals surface area contributed by atoms with Gasteiger partial charge in [-0.3, -0.25) is 14.5 Å². The van der Waals surface area contributed by atoms with Gasteiger partial charge in [-0.05, 0) is 99.8 Å². The molecular weight excluding hydrogens is 410 g/mol. The van der Waals surface area contributed by atoms with Crippen molar-refractivity contribution >= 4 is 11.8 Å². The summed E-state index contributed by atoms with van der Waals surface area (Å²) in [5, 5.41) is 0. The van der Waals surface area contributed by atoms with Gasteiger partial charge in [0, 0.05) is 17.4 Å². The Morgan fingerprint density at radius 1 is 1.12 bits per heavy atom. The number of ether oxygens (including phenoxy) is 1. The fourth-order valence-electron chi connectivity index (χ4n) is 9.98. The summed E-state index contributed by atoms with van der Waals surface area (Å²) in [4.78, 5) is 28.7. The molecular formula is C29H49NO3. The van der Waals surface area contributed by atoms with Gasteiger partial charge in [0.2, 0.25) is 0 Å². The van der Waals surface area contributed by atoms with Crippen LogP contribution < -0.4 is 0 Å². The number of fused-ring (bicyclic) bond motifs is 5. The Bertz CT molecular complexity index is 756. The molecule has 0 amide bonds. The maximum atomic E-state index is 14.3. The lowest BCUT2D eigenvalue weighted by Gasteiger charge is -2.69. The highest BCUT2D eigenvalue weighted by Crippen LogP contribution is 2.74. The van der Waals surface area contributed by atoms with Crippen LogP contribution in [0.25, 0.3) is 0 Å². The fourth-order valence-corrected chi connectivity index (χ4v) is 9.98. The van der Waals surface area contributed by atoms with Crippen molar-refractivity contribution in [1.29, 1.82) is 0 Å². The van der Waals surface area contributed by atoms with Crippen LogP contribution in [0.3, 0.4) is 0 Å². The molecule has 6 unspecified atom stereocenters. The molecule has 0 aromatic rings. The van der Waals surface area contributed by atoms with Crippen molar-refractivity contribution in [3.63, 3.8) is 0 Å². The number of hydrogen-bond acceptors (Lipinski definition) is 4. The normalized spacial score (nSPS) is 41.3. The SMILES string of the molecule is CCCC12C(=O)CN3CCCCC3(C)C1CCC1(C(C)(C)C)C(CCCC(=O)OC)CCC21. The van der Waals surface area contributed by atoms with E-state index >= 15 is 0 Å².